The first kappa shape index (κ1) is 13.9. The van der Waals surface area contributed by atoms with Crippen molar-refractivity contribution in [2.45, 2.75) is 38.1 Å². The van der Waals surface area contributed by atoms with Crippen molar-refractivity contribution in [2.24, 2.45) is 0 Å². The Morgan fingerprint density at radius 3 is 2.43 bits per heavy atom. The van der Waals surface area contributed by atoms with Gasteiger partial charge < -0.3 is 10.2 Å². The molecule has 0 fully saturated rings. The average molecular weight is 265 g/mol. The van der Waals surface area contributed by atoms with Gasteiger partial charge in [0.2, 0.25) is 5.91 Å². The first-order chi connectivity index (χ1) is 6.29. The first-order valence-electron chi connectivity index (χ1n) is 4.96. The largest absolute Gasteiger partial charge is 0.353 e. The van der Waals surface area contributed by atoms with Crippen LogP contribution in [0.2, 0.25) is 0 Å². The molecule has 1 amide bonds. The van der Waals surface area contributed by atoms with E-state index >= 15 is 0 Å². The van der Waals surface area contributed by atoms with E-state index in [4.69, 9.17) is 0 Å². The highest BCUT2D eigenvalue weighted by Crippen LogP contribution is 2.15. The summed E-state index contributed by atoms with van der Waals surface area (Å²) in [5, 5.41) is 2.91. The summed E-state index contributed by atoms with van der Waals surface area (Å²) >= 11 is 3.32. The van der Waals surface area contributed by atoms with Gasteiger partial charge in [-0.1, -0.05) is 22.9 Å². The Morgan fingerprint density at radius 1 is 1.57 bits per heavy atom. The van der Waals surface area contributed by atoms with E-state index in [2.05, 4.69) is 47.0 Å². The van der Waals surface area contributed by atoms with Gasteiger partial charge in [-0.25, -0.2) is 0 Å². The number of hydrogen-bond donors (Lipinski definition) is 1. The minimum Gasteiger partial charge on any atom is -0.353 e. The second-order valence-corrected chi connectivity index (χ2v) is 6.09. The minimum atomic E-state index is -0.475. The standard InChI is InChI=1S/C10H21BrN2O/c1-6-13(5)8(2)7-12-9(14)10(3,4)11/h8H,6-7H2,1-5H3,(H,12,14). The van der Waals surface area contributed by atoms with Crippen molar-refractivity contribution < 1.29 is 4.79 Å². The highest BCUT2D eigenvalue weighted by molar-refractivity contribution is 9.10. The predicted octanol–water partition coefficient (Wildman–Crippen LogP) is 1.62. The summed E-state index contributed by atoms with van der Waals surface area (Å²) in [6, 6.07) is 0.374. The molecule has 3 nitrogen and oxygen atoms in total. The lowest BCUT2D eigenvalue weighted by molar-refractivity contribution is -0.122. The molecule has 14 heavy (non-hydrogen) atoms. The van der Waals surface area contributed by atoms with Crippen molar-refractivity contribution in [2.75, 3.05) is 20.1 Å². The second kappa shape index (κ2) is 5.71. The fourth-order valence-corrected chi connectivity index (χ4v) is 1.06. The maximum Gasteiger partial charge on any atom is 0.236 e. The van der Waals surface area contributed by atoms with Crippen LogP contribution in [0.15, 0.2) is 0 Å². The van der Waals surface area contributed by atoms with E-state index in [0.717, 1.165) is 6.54 Å². The van der Waals surface area contributed by atoms with Gasteiger partial charge in [0.25, 0.3) is 0 Å². The molecule has 0 bridgehead atoms. The first-order valence-corrected chi connectivity index (χ1v) is 5.75. The number of carbonyl (C=O) groups is 1. The van der Waals surface area contributed by atoms with Gasteiger partial charge in [0.1, 0.15) is 0 Å². The fourth-order valence-electron chi connectivity index (χ4n) is 0.918. The molecule has 0 heterocycles. The molecule has 0 aliphatic heterocycles. The maximum atomic E-state index is 11.5. The van der Waals surface area contributed by atoms with Gasteiger partial charge in [-0.15, -0.1) is 0 Å². The molecular weight excluding hydrogens is 244 g/mol. The Balaban J connectivity index is 3.89. The van der Waals surface area contributed by atoms with E-state index in [1.807, 2.05) is 13.8 Å². The monoisotopic (exact) mass is 264 g/mol. The van der Waals surface area contributed by atoms with E-state index < -0.39 is 4.32 Å². The van der Waals surface area contributed by atoms with Crippen molar-refractivity contribution in [3.05, 3.63) is 0 Å². The number of halogens is 1. The summed E-state index contributed by atoms with van der Waals surface area (Å²) < 4.78 is -0.475. The normalized spacial score (nSPS) is 14.2. The van der Waals surface area contributed by atoms with Crippen molar-refractivity contribution in [1.29, 1.82) is 0 Å². The van der Waals surface area contributed by atoms with Crippen LogP contribution in [0, 0.1) is 0 Å². The molecule has 0 saturated carbocycles. The Hall–Kier alpha value is -0.0900. The number of hydrogen-bond acceptors (Lipinski definition) is 2. The van der Waals surface area contributed by atoms with E-state index in [9.17, 15) is 4.79 Å². The maximum absolute atomic E-state index is 11.5. The van der Waals surface area contributed by atoms with E-state index in [-0.39, 0.29) is 5.91 Å². The summed E-state index contributed by atoms with van der Waals surface area (Å²) in [6.45, 7) is 9.58. The van der Waals surface area contributed by atoms with Crippen LogP contribution in [0.25, 0.3) is 0 Å². The highest BCUT2D eigenvalue weighted by atomic mass is 79.9. The average Bonchev–Trinajstić information content (AvgIpc) is 2.10. The Kier molecular flexibility index (Phi) is 5.67. The van der Waals surface area contributed by atoms with Crippen molar-refractivity contribution in [3.8, 4) is 0 Å². The molecule has 1 N–H and O–H groups in total. The molecule has 0 rings (SSSR count). The number of nitrogens with zero attached hydrogens (tertiary/aromatic N) is 1. The lowest BCUT2D eigenvalue weighted by atomic mass is 10.2. The van der Waals surface area contributed by atoms with Gasteiger partial charge in [-0.2, -0.15) is 0 Å². The summed E-state index contributed by atoms with van der Waals surface area (Å²) in [7, 11) is 2.05. The number of amides is 1. The number of carbonyl (C=O) groups excluding carboxylic acids is 1. The zero-order chi connectivity index (χ0) is 11.4. The van der Waals surface area contributed by atoms with Gasteiger partial charge in [0.15, 0.2) is 0 Å². The molecule has 1 atom stereocenters. The summed E-state index contributed by atoms with van der Waals surface area (Å²) in [5.74, 6) is 0.0360. The van der Waals surface area contributed by atoms with Gasteiger partial charge >= 0.3 is 0 Å². The smallest absolute Gasteiger partial charge is 0.236 e. The molecular formula is C10H21BrN2O. The number of alkyl halides is 1. The van der Waals surface area contributed by atoms with Crippen LogP contribution in [-0.2, 0) is 4.79 Å². The molecule has 0 aromatic rings. The summed E-state index contributed by atoms with van der Waals surface area (Å²) in [5.41, 5.74) is 0. The zero-order valence-electron chi connectivity index (χ0n) is 9.72. The molecule has 1 unspecified atom stereocenters. The topological polar surface area (TPSA) is 32.3 Å². The third kappa shape index (κ3) is 4.96. The number of rotatable bonds is 5. The van der Waals surface area contributed by atoms with Gasteiger partial charge in [-0.05, 0) is 34.4 Å². The van der Waals surface area contributed by atoms with E-state index in [1.54, 1.807) is 0 Å². The van der Waals surface area contributed by atoms with Crippen molar-refractivity contribution in [1.82, 2.24) is 10.2 Å². The number of nitrogens with one attached hydrogen (secondary N) is 1. The van der Waals surface area contributed by atoms with Crippen LogP contribution in [0.3, 0.4) is 0 Å². The van der Waals surface area contributed by atoms with E-state index in [0.29, 0.717) is 12.6 Å². The molecule has 4 heteroatoms. The van der Waals surface area contributed by atoms with Crippen LogP contribution in [-0.4, -0.2) is 41.3 Å². The Labute approximate surface area is 95.4 Å². The van der Waals surface area contributed by atoms with Crippen LogP contribution in [0.4, 0.5) is 0 Å². The van der Waals surface area contributed by atoms with E-state index in [1.165, 1.54) is 0 Å². The summed E-state index contributed by atoms with van der Waals surface area (Å²) in [6.07, 6.45) is 0. The van der Waals surface area contributed by atoms with Crippen molar-refractivity contribution >= 4 is 21.8 Å². The third-order valence-corrected chi connectivity index (χ3v) is 2.71. The highest BCUT2D eigenvalue weighted by Gasteiger charge is 2.23. The minimum absolute atomic E-state index is 0.0360. The molecule has 0 radical (unpaired) electrons. The predicted molar refractivity (Wildman–Crippen MR) is 63.8 cm³/mol. The number of likely N-dealkylation sites (N-methyl/N-ethyl adjacent to an activating group) is 1. The van der Waals surface area contributed by atoms with Crippen molar-refractivity contribution in [3.63, 3.8) is 0 Å². The fraction of sp³-hybridized carbons (Fsp3) is 0.900. The lowest BCUT2D eigenvalue weighted by Crippen LogP contribution is -2.44. The van der Waals surface area contributed by atoms with Crippen LogP contribution in [0.5, 0.6) is 0 Å². The molecule has 0 saturated heterocycles. The van der Waals surface area contributed by atoms with Crippen LogP contribution in [0.1, 0.15) is 27.7 Å². The van der Waals surface area contributed by atoms with Gasteiger partial charge in [0, 0.05) is 12.6 Å². The van der Waals surface area contributed by atoms with Crippen LogP contribution < -0.4 is 5.32 Å². The molecule has 0 aliphatic rings. The lowest BCUT2D eigenvalue weighted by Gasteiger charge is -2.25. The molecule has 0 aliphatic carbocycles. The molecule has 0 aromatic carbocycles. The molecule has 0 spiro atoms. The summed E-state index contributed by atoms with van der Waals surface area (Å²) in [4.78, 5) is 13.7. The Bertz CT molecular complexity index is 189. The van der Waals surface area contributed by atoms with Gasteiger partial charge in [0.05, 0.1) is 4.32 Å². The SMILES string of the molecule is CCN(C)C(C)CNC(=O)C(C)(C)Br. The quantitative estimate of drug-likeness (QED) is 0.766. The third-order valence-electron chi connectivity index (χ3n) is 2.35. The zero-order valence-corrected chi connectivity index (χ0v) is 11.3. The van der Waals surface area contributed by atoms with Gasteiger partial charge in [-0.3, -0.25) is 4.79 Å². The van der Waals surface area contributed by atoms with Crippen LogP contribution >= 0.6 is 15.9 Å². The second-order valence-electron chi connectivity index (χ2n) is 4.10. The molecule has 84 valence electrons. The Morgan fingerprint density at radius 2 is 2.07 bits per heavy atom. The molecule has 0 aromatic heterocycles.